The maximum Gasteiger partial charge on any atom is 0.416 e. The third-order valence-electron chi connectivity index (χ3n) is 4.83. The zero-order valence-electron chi connectivity index (χ0n) is 18.3. The summed E-state index contributed by atoms with van der Waals surface area (Å²) < 4.78 is 59.1. The number of rotatable bonds is 6. The van der Waals surface area contributed by atoms with Crippen LogP contribution in [-0.2, 0) is 27.1 Å². The third-order valence-corrected chi connectivity index (χ3v) is 4.83. The van der Waals surface area contributed by atoms with Crippen LogP contribution in [0.5, 0.6) is 0 Å². The average Bonchev–Trinajstić information content (AvgIpc) is 2.77. The molecule has 1 heterocycles. The van der Waals surface area contributed by atoms with Gasteiger partial charge in [0.05, 0.1) is 18.3 Å². The van der Waals surface area contributed by atoms with Crippen molar-refractivity contribution in [2.45, 2.75) is 25.8 Å². The Bertz CT molecular complexity index is 920. The molecule has 10 heteroatoms. The first-order valence-electron chi connectivity index (χ1n) is 10.2. The molecule has 1 aliphatic rings. The van der Waals surface area contributed by atoms with Gasteiger partial charge in [-0.05, 0) is 38.2 Å². The van der Waals surface area contributed by atoms with E-state index in [0.29, 0.717) is 18.2 Å². The van der Waals surface area contributed by atoms with Crippen molar-refractivity contribution in [3.05, 3.63) is 70.5 Å². The zero-order chi connectivity index (χ0) is 24.4. The molecule has 0 spiro atoms. The number of hydrogen-bond donors (Lipinski definition) is 1. The average molecular weight is 470 g/mol. The minimum absolute atomic E-state index is 0.0353. The molecule has 1 N–H and O–H groups in total. The first-order chi connectivity index (χ1) is 15.6. The highest BCUT2D eigenvalue weighted by Gasteiger charge is 2.31. The lowest BCUT2D eigenvalue weighted by Gasteiger charge is -2.30. The van der Waals surface area contributed by atoms with Crippen molar-refractivity contribution < 1.29 is 36.6 Å². The molecule has 1 atom stereocenters. The molecule has 6 nitrogen and oxygen atoms in total. The van der Waals surface area contributed by atoms with E-state index in [-0.39, 0.29) is 30.7 Å². The largest absolute Gasteiger partial charge is 0.463 e. The van der Waals surface area contributed by atoms with Gasteiger partial charge in [-0.1, -0.05) is 23.8 Å². The maximum absolute atomic E-state index is 13.0. The van der Waals surface area contributed by atoms with E-state index < -0.39 is 17.6 Å². The smallest absolute Gasteiger partial charge is 0.416 e. The van der Waals surface area contributed by atoms with Crippen molar-refractivity contribution in [2.75, 3.05) is 33.3 Å². The van der Waals surface area contributed by atoms with E-state index in [1.165, 1.54) is 0 Å². The van der Waals surface area contributed by atoms with E-state index >= 15 is 0 Å². The molecule has 2 aromatic rings. The first kappa shape index (κ1) is 26.3. The Labute approximate surface area is 189 Å². The van der Waals surface area contributed by atoms with Crippen LogP contribution in [0, 0.1) is 12.7 Å². The molecule has 1 saturated heterocycles. The van der Waals surface area contributed by atoms with Gasteiger partial charge in [-0.15, -0.1) is 0 Å². The Morgan fingerprint density at radius 1 is 1.24 bits per heavy atom. The van der Waals surface area contributed by atoms with Gasteiger partial charge < -0.3 is 19.7 Å². The summed E-state index contributed by atoms with van der Waals surface area (Å²) in [6.45, 7) is 4.85. The second-order valence-electron chi connectivity index (χ2n) is 7.54. The molecular formula is C23H26F4N2O4. The van der Waals surface area contributed by atoms with Crippen LogP contribution in [0.25, 0.3) is 0 Å². The minimum atomic E-state index is -4.58. The van der Waals surface area contributed by atoms with Crippen LogP contribution in [0.15, 0.2) is 42.5 Å². The van der Waals surface area contributed by atoms with Crippen LogP contribution in [0.2, 0.25) is 0 Å². The molecule has 180 valence electrons. The number of ether oxygens (including phenoxy) is 2. The lowest BCUT2D eigenvalue weighted by atomic mass is 10.1. The Hall–Kier alpha value is -2.98. The van der Waals surface area contributed by atoms with Crippen LogP contribution < -0.4 is 5.32 Å². The Balaban J connectivity index is 0.000000238. The summed E-state index contributed by atoms with van der Waals surface area (Å²) in [6, 6.07) is 9.61. The normalized spacial score (nSPS) is 16.4. The number of likely N-dealkylation sites (N-methyl/N-ethyl adjacent to an activating group) is 1. The summed E-state index contributed by atoms with van der Waals surface area (Å²) in [4.78, 5) is 23.9. The third kappa shape index (κ3) is 8.82. The standard InChI is InChI=1S/C14H20N2O2.C9H6F4O2/c1-11-3-5-12(6-4-11)14(17)15-9-13-10-16(2)7-8-18-13;10-8-3-7(9(11,12)13)2-1-6(8)4-15-5-14/h3-6,13H,7-10H2,1-2H3,(H,15,17);1-3,5H,4H2. The topological polar surface area (TPSA) is 67.9 Å². The first-order valence-corrected chi connectivity index (χ1v) is 10.2. The molecule has 1 amide bonds. The molecule has 2 aromatic carbocycles. The number of carbonyl (C=O) groups is 2. The zero-order valence-corrected chi connectivity index (χ0v) is 18.3. The summed E-state index contributed by atoms with van der Waals surface area (Å²) in [5, 5.41) is 2.92. The van der Waals surface area contributed by atoms with E-state index in [4.69, 9.17) is 4.74 Å². The van der Waals surface area contributed by atoms with E-state index in [2.05, 4.69) is 22.0 Å². The van der Waals surface area contributed by atoms with Gasteiger partial charge in [0.1, 0.15) is 12.4 Å². The SMILES string of the molecule is Cc1ccc(C(=O)NCC2CN(C)CCO2)cc1.O=COCc1ccc(C(F)(F)F)cc1F. The number of hydrogen-bond acceptors (Lipinski definition) is 5. The number of halogens is 4. The van der Waals surface area contributed by atoms with Gasteiger partial charge in [0, 0.05) is 30.8 Å². The van der Waals surface area contributed by atoms with E-state index in [1.54, 1.807) is 0 Å². The van der Waals surface area contributed by atoms with Crippen LogP contribution in [0.1, 0.15) is 27.0 Å². The predicted octanol–water partition coefficient (Wildman–Crippen LogP) is 3.57. The summed E-state index contributed by atoms with van der Waals surface area (Å²) in [6.07, 6.45) is -4.48. The molecule has 0 radical (unpaired) electrons. The van der Waals surface area contributed by atoms with Crippen LogP contribution >= 0.6 is 0 Å². The highest BCUT2D eigenvalue weighted by molar-refractivity contribution is 5.94. The van der Waals surface area contributed by atoms with Gasteiger partial charge in [0.2, 0.25) is 0 Å². The lowest BCUT2D eigenvalue weighted by Crippen LogP contribution is -2.45. The number of amides is 1. The molecule has 0 bridgehead atoms. The summed E-state index contributed by atoms with van der Waals surface area (Å²) in [5.41, 5.74) is 0.679. The van der Waals surface area contributed by atoms with Crippen molar-refractivity contribution in [1.82, 2.24) is 10.2 Å². The van der Waals surface area contributed by atoms with Gasteiger partial charge in [-0.2, -0.15) is 13.2 Å². The molecule has 0 saturated carbocycles. The number of morpholine rings is 1. The molecule has 1 unspecified atom stereocenters. The van der Waals surface area contributed by atoms with Crippen molar-refractivity contribution >= 4 is 12.4 Å². The Morgan fingerprint density at radius 3 is 2.52 bits per heavy atom. The lowest BCUT2D eigenvalue weighted by molar-refractivity contribution is -0.138. The van der Waals surface area contributed by atoms with Gasteiger partial charge in [-0.3, -0.25) is 9.59 Å². The van der Waals surface area contributed by atoms with Crippen LogP contribution in [0.3, 0.4) is 0 Å². The van der Waals surface area contributed by atoms with Crippen molar-refractivity contribution in [2.24, 2.45) is 0 Å². The highest BCUT2D eigenvalue weighted by atomic mass is 19.4. The number of alkyl halides is 3. The second-order valence-corrected chi connectivity index (χ2v) is 7.54. The highest BCUT2D eigenvalue weighted by Crippen LogP contribution is 2.30. The predicted molar refractivity (Wildman–Crippen MR) is 113 cm³/mol. The maximum atomic E-state index is 13.0. The van der Waals surface area contributed by atoms with Crippen LogP contribution in [-0.4, -0.2) is 56.7 Å². The monoisotopic (exact) mass is 470 g/mol. The van der Waals surface area contributed by atoms with Crippen molar-refractivity contribution in [3.8, 4) is 0 Å². The minimum Gasteiger partial charge on any atom is -0.463 e. The summed E-state index contributed by atoms with van der Waals surface area (Å²) >= 11 is 0. The fraction of sp³-hybridized carbons (Fsp3) is 0.391. The Kier molecular flexibility index (Phi) is 9.80. The molecular weight excluding hydrogens is 444 g/mol. The van der Waals surface area contributed by atoms with Gasteiger partial charge in [-0.25, -0.2) is 4.39 Å². The fourth-order valence-electron chi connectivity index (χ4n) is 2.97. The van der Waals surface area contributed by atoms with Crippen molar-refractivity contribution in [1.29, 1.82) is 0 Å². The molecule has 0 aromatic heterocycles. The molecule has 3 rings (SSSR count). The number of carbonyl (C=O) groups excluding carboxylic acids is 2. The Morgan fingerprint density at radius 2 is 1.94 bits per heavy atom. The van der Waals surface area contributed by atoms with E-state index in [1.807, 2.05) is 31.2 Å². The number of nitrogens with one attached hydrogen (secondary N) is 1. The van der Waals surface area contributed by atoms with E-state index in [0.717, 1.165) is 37.4 Å². The summed E-state index contributed by atoms with van der Waals surface area (Å²) in [5.74, 6) is -1.08. The number of aryl methyl sites for hydroxylation is 1. The van der Waals surface area contributed by atoms with Crippen molar-refractivity contribution in [3.63, 3.8) is 0 Å². The summed E-state index contributed by atoms with van der Waals surface area (Å²) in [7, 11) is 2.07. The van der Waals surface area contributed by atoms with Crippen LogP contribution in [0.4, 0.5) is 17.6 Å². The van der Waals surface area contributed by atoms with Gasteiger partial charge in [0.15, 0.2) is 0 Å². The number of nitrogens with zero attached hydrogens (tertiary/aromatic N) is 1. The number of benzene rings is 2. The second kappa shape index (κ2) is 12.3. The molecule has 0 aliphatic carbocycles. The fourth-order valence-corrected chi connectivity index (χ4v) is 2.97. The van der Waals surface area contributed by atoms with E-state index in [9.17, 15) is 27.2 Å². The molecule has 1 aliphatic heterocycles. The molecule has 33 heavy (non-hydrogen) atoms. The van der Waals surface area contributed by atoms with Gasteiger partial charge in [0.25, 0.3) is 12.4 Å². The van der Waals surface area contributed by atoms with Gasteiger partial charge >= 0.3 is 6.18 Å². The quantitative estimate of drug-likeness (QED) is 0.517. The molecule has 1 fully saturated rings.